The lowest BCUT2D eigenvalue weighted by molar-refractivity contribution is -0.388. The highest BCUT2D eigenvalue weighted by atomic mass is 35.5. The van der Waals surface area contributed by atoms with E-state index >= 15 is 0 Å². The summed E-state index contributed by atoms with van der Waals surface area (Å²) in [5.41, 5.74) is 0.0332. The summed E-state index contributed by atoms with van der Waals surface area (Å²) in [6.45, 7) is 2.12. The van der Waals surface area contributed by atoms with Crippen molar-refractivity contribution in [2.45, 2.75) is 31.2 Å². The van der Waals surface area contributed by atoms with Gasteiger partial charge < -0.3 is 0 Å². The molecule has 88 valence electrons. The molecule has 0 aromatic carbocycles. The molecule has 6 heteroatoms. The van der Waals surface area contributed by atoms with Crippen molar-refractivity contribution in [1.29, 1.82) is 0 Å². The average molecular weight is 261 g/mol. The van der Waals surface area contributed by atoms with Crippen molar-refractivity contribution in [2.75, 3.05) is 5.75 Å². The van der Waals surface area contributed by atoms with E-state index in [1.54, 1.807) is 0 Å². The van der Waals surface area contributed by atoms with Crippen LogP contribution >= 0.6 is 23.4 Å². The largest absolute Gasteiger partial charge is 0.301 e. The topological polar surface area (TPSA) is 56.0 Å². The molecule has 0 saturated carbocycles. The zero-order valence-corrected chi connectivity index (χ0v) is 10.6. The Labute approximate surface area is 104 Å². The van der Waals surface area contributed by atoms with Crippen molar-refractivity contribution in [3.63, 3.8) is 0 Å². The molecule has 1 aromatic rings. The molecule has 16 heavy (non-hydrogen) atoms. The minimum atomic E-state index is -0.425. The van der Waals surface area contributed by atoms with Crippen LogP contribution in [-0.4, -0.2) is 15.7 Å². The van der Waals surface area contributed by atoms with Crippen LogP contribution in [0.1, 0.15) is 26.2 Å². The van der Waals surface area contributed by atoms with Crippen molar-refractivity contribution in [3.8, 4) is 0 Å². The number of nitro groups is 1. The predicted octanol–water partition coefficient (Wildman–Crippen LogP) is 3.93. The van der Waals surface area contributed by atoms with Crippen molar-refractivity contribution < 1.29 is 4.92 Å². The summed E-state index contributed by atoms with van der Waals surface area (Å²) >= 11 is 7.11. The first-order valence-electron chi connectivity index (χ1n) is 5.09. The van der Waals surface area contributed by atoms with E-state index in [1.807, 2.05) is 0 Å². The molecular weight excluding hydrogens is 248 g/mol. The van der Waals surface area contributed by atoms with Crippen LogP contribution in [-0.2, 0) is 0 Å². The third-order valence-corrected chi connectivity index (χ3v) is 3.27. The van der Waals surface area contributed by atoms with Crippen LogP contribution in [0.3, 0.4) is 0 Å². The quantitative estimate of drug-likeness (QED) is 0.256. The first-order chi connectivity index (χ1) is 7.65. The van der Waals surface area contributed by atoms with E-state index < -0.39 is 4.92 Å². The molecule has 0 unspecified atom stereocenters. The standard InChI is InChI=1S/C10H13ClN2O2S/c1-2-3-4-7-16-10-8(13(14)15)5-6-9(11)12-10/h5-6H,2-4,7H2,1H3. The number of pyridine rings is 1. The van der Waals surface area contributed by atoms with E-state index in [0.717, 1.165) is 25.0 Å². The van der Waals surface area contributed by atoms with Crippen molar-refractivity contribution >= 4 is 29.1 Å². The molecule has 0 saturated heterocycles. The smallest absolute Gasteiger partial charge is 0.258 e. The maximum atomic E-state index is 10.7. The van der Waals surface area contributed by atoms with Crippen LogP contribution in [0.15, 0.2) is 17.2 Å². The number of nitrogens with zero attached hydrogens (tertiary/aromatic N) is 2. The fourth-order valence-corrected chi connectivity index (χ4v) is 2.37. The lowest BCUT2D eigenvalue weighted by Gasteiger charge is -2.02. The Hall–Kier alpha value is -0.810. The van der Waals surface area contributed by atoms with Crippen LogP contribution in [0.2, 0.25) is 5.15 Å². The van der Waals surface area contributed by atoms with Gasteiger partial charge in [-0.1, -0.05) is 43.1 Å². The van der Waals surface area contributed by atoms with Gasteiger partial charge in [0.1, 0.15) is 5.15 Å². The maximum Gasteiger partial charge on any atom is 0.301 e. The van der Waals surface area contributed by atoms with Gasteiger partial charge in [0.05, 0.1) is 4.92 Å². The molecular formula is C10H13ClN2O2S. The van der Waals surface area contributed by atoms with Crippen LogP contribution in [0.4, 0.5) is 5.69 Å². The van der Waals surface area contributed by atoms with E-state index in [4.69, 9.17) is 11.6 Å². The van der Waals surface area contributed by atoms with Gasteiger partial charge in [-0.25, -0.2) is 4.98 Å². The van der Waals surface area contributed by atoms with Crippen molar-refractivity contribution in [1.82, 2.24) is 4.98 Å². The molecule has 1 heterocycles. The molecule has 0 radical (unpaired) electrons. The normalized spacial score (nSPS) is 10.4. The summed E-state index contributed by atoms with van der Waals surface area (Å²) in [6, 6.07) is 2.84. The number of hydrogen-bond donors (Lipinski definition) is 0. The zero-order chi connectivity index (χ0) is 12.0. The van der Waals surface area contributed by atoms with Gasteiger partial charge in [0.2, 0.25) is 0 Å². The molecule has 0 N–H and O–H groups in total. The molecule has 0 aliphatic carbocycles. The van der Waals surface area contributed by atoms with Crippen LogP contribution in [0.5, 0.6) is 0 Å². The van der Waals surface area contributed by atoms with Gasteiger partial charge in [-0.05, 0) is 18.2 Å². The molecule has 4 nitrogen and oxygen atoms in total. The maximum absolute atomic E-state index is 10.7. The third kappa shape index (κ3) is 3.98. The summed E-state index contributed by atoms with van der Waals surface area (Å²) in [6.07, 6.45) is 3.29. The molecule has 0 bridgehead atoms. The average Bonchev–Trinajstić information content (AvgIpc) is 2.24. The Kier molecular flexibility index (Phi) is 5.55. The number of thioether (sulfide) groups is 1. The number of rotatable bonds is 6. The summed E-state index contributed by atoms with van der Waals surface area (Å²) in [5, 5.41) is 11.4. The fraction of sp³-hybridized carbons (Fsp3) is 0.500. The molecule has 0 aliphatic heterocycles. The number of hydrogen-bond acceptors (Lipinski definition) is 4. The minimum Gasteiger partial charge on any atom is -0.258 e. The van der Waals surface area contributed by atoms with E-state index in [-0.39, 0.29) is 5.69 Å². The van der Waals surface area contributed by atoms with E-state index in [2.05, 4.69) is 11.9 Å². The summed E-state index contributed by atoms with van der Waals surface area (Å²) in [4.78, 5) is 14.3. The molecule has 0 amide bonds. The lowest BCUT2D eigenvalue weighted by atomic mass is 10.3. The molecule has 0 aliphatic rings. The van der Waals surface area contributed by atoms with Gasteiger partial charge in [-0.2, -0.15) is 0 Å². The Morgan fingerprint density at radius 2 is 2.25 bits per heavy atom. The number of halogens is 1. The van der Waals surface area contributed by atoms with Crippen molar-refractivity contribution in [3.05, 3.63) is 27.4 Å². The monoisotopic (exact) mass is 260 g/mol. The third-order valence-electron chi connectivity index (χ3n) is 1.99. The number of unbranched alkanes of at least 4 members (excludes halogenated alkanes) is 2. The molecule has 0 fully saturated rings. The Morgan fingerprint density at radius 1 is 1.50 bits per heavy atom. The summed E-state index contributed by atoms with van der Waals surface area (Å²) < 4.78 is 0. The van der Waals surface area contributed by atoms with Crippen LogP contribution in [0.25, 0.3) is 0 Å². The van der Waals surface area contributed by atoms with Gasteiger partial charge in [0, 0.05) is 6.07 Å². The Morgan fingerprint density at radius 3 is 2.88 bits per heavy atom. The highest BCUT2D eigenvalue weighted by molar-refractivity contribution is 7.99. The van der Waals surface area contributed by atoms with E-state index in [1.165, 1.54) is 23.9 Å². The number of aromatic nitrogens is 1. The highest BCUT2D eigenvalue weighted by Gasteiger charge is 2.15. The SMILES string of the molecule is CCCCCSc1nc(Cl)ccc1[N+](=O)[O-]. The van der Waals surface area contributed by atoms with E-state index in [9.17, 15) is 10.1 Å². The Bertz CT molecular complexity index is 374. The van der Waals surface area contributed by atoms with Gasteiger partial charge >= 0.3 is 5.69 Å². The molecule has 1 aromatic heterocycles. The molecule has 0 atom stereocenters. The van der Waals surface area contributed by atoms with E-state index in [0.29, 0.717) is 10.2 Å². The van der Waals surface area contributed by atoms with Gasteiger partial charge in [-0.3, -0.25) is 10.1 Å². The van der Waals surface area contributed by atoms with Gasteiger partial charge in [0.15, 0.2) is 5.03 Å². The highest BCUT2D eigenvalue weighted by Crippen LogP contribution is 2.29. The summed E-state index contributed by atoms with van der Waals surface area (Å²) in [5.74, 6) is 0.835. The fourth-order valence-electron chi connectivity index (χ4n) is 1.18. The van der Waals surface area contributed by atoms with Gasteiger partial charge in [0.25, 0.3) is 0 Å². The second-order valence-corrected chi connectivity index (χ2v) is 4.74. The predicted molar refractivity (Wildman–Crippen MR) is 66.2 cm³/mol. The molecule has 1 rings (SSSR count). The Balaban J connectivity index is 2.68. The minimum absolute atomic E-state index is 0.0332. The van der Waals surface area contributed by atoms with Crippen LogP contribution < -0.4 is 0 Å². The van der Waals surface area contributed by atoms with Crippen molar-refractivity contribution in [2.24, 2.45) is 0 Å². The van der Waals surface area contributed by atoms with Gasteiger partial charge in [-0.15, -0.1) is 0 Å². The second-order valence-electron chi connectivity index (χ2n) is 3.27. The summed E-state index contributed by atoms with van der Waals surface area (Å²) in [7, 11) is 0. The zero-order valence-electron chi connectivity index (χ0n) is 8.98. The molecule has 0 spiro atoms. The lowest BCUT2D eigenvalue weighted by Crippen LogP contribution is -1.94. The first-order valence-corrected chi connectivity index (χ1v) is 6.45. The second kappa shape index (κ2) is 6.70. The first kappa shape index (κ1) is 13.3. The van der Waals surface area contributed by atoms with Crippen LogP contribution in [0, 0.1) is 10.1 Å².